The summed E-state index contributed by atoms with van der Waals surface area (Å²) in [6.45, 7) is 4.30. The maximum absolute atomic E-state index is 5.90. The second-order valence-corrected chi connectivity index (χ2v) is 9.16. The molecule has 3 aromatic heterocycles. The smallest absolute Gasteiger partial charge is 0.257 e. The van der Waals surface area contributed by atoms with E-state index in [0.29, 0.717) is 29.5 Å². The zero-order chi connectivity index (χ0) is 17.7. The third-order valence-electron chi connectivity index (χ3n) is 4.89. The highest BCUT2D eigenvalue weighted by Gasteiger charge is 2.36. The summed E-state index contributed by atoms with van der Waals surface area (Å²) >= 11 is 3.39. The van der Waals surface area contributed by atoms with Crippen molar-refractivity contribution in [3.63, 3.8) is 0 Å². The Bertz CT molecular complexity index is 935. The Morgan fingerprint density at radius 2 is 2.04 bits per heavy atom. The van der Waals surface area contributed by atoms with Crippen LogP contribution in [0.4, 0.5) is 0 Å². The maximum atomic E-state index is 5.90. The molecule has 0 unspecified atom stereocenters. The minimum atomic E-state index is 0.600. The first-order chi connectivity index (χ1) is 12.7. The van der Waals surface area contributed by atoms with Crippen LogP contribution in [0.5, 0.6) is 0 Å². The fourth-order valence-corrected chi connectivity index (χ4v) is 5.08. The molecule has 2 aliphatic carbocycles. The Hall–Kier alpha value is -1.67. The summed E-state index contributed by atoms with van der Waals surface area (Å²) in [6, 6.07) is 2.74. The molecule has 0 saturated heterocycles. The minimum absolute atomic E-state index is 0.600. The van der Waals surface area contributed by atoms with Gasteiger partial charge in [-0.1, -0.05) is 18.7 Å². The molecule has 0 N–H and O–H groups in total. The highest BCUT2D eigenvalue weighted by molar-refractivity contribution is 7.98. The number of hydrogen-bond acceptors (Lipinski definition) is 7. The van der Waals surface area contributed by atoms with E-state index in [2.05, 4.69) is 44.9 Å². The molecule has 0 bridgehead atoms. The zero-order valence-corrected chi connectivity index (χ0v) is 16.6. The molecule has 5 rings (SSSR count). The van der Waals surface area contributed by atoms with Gasteiger partial charge in [-0.15, -0.1) is 31.7 Å². The number of hydrogen-bond donors (Lipinski definition) is 0. The molecule has 136 valence electrons. The topological polar surface area (TPSA) is 69.6 Å². The van der Waals surface area contributed by atoms with Crippen LogP contribution in [0.3, 0.4) is 0 Å². The van der Waals surface area contributed by atoms with Gasteiger partial charge in [-0.3, -0.25) is 0 Å². The molecule has 3 aromatic rings. The summed E-state index contributed by atoms with van der Waals surface area (Å²) in [6.07, 6.45) is 6.03. The van der Waals surface area contributed by atoms with Gasteiger partial charge in [0, 0.05) is 16.8 Å². The first-order valence-corrected chi connectivity index (χ1v) is 11.0. The Morgan fingerprint density at radius 1 is 1.19 bits per heavy atom. The molecule has 26 heavy (non-hydrogen) atoms. The van der Waals surface area contributed by atoms with E-state index in [-0.39, 0.29) is 0 Å². The fraction of sp³-hybridized carbons (Fsp3) is 0.556. The summed E-state index contributed by atoms with van der Waals surface area (Å²) in [7, 11) is 0. The molecule has 0 radical (unpaired) electrons. The van der Waals surface area contributed by atoms with Crippen molar-refractivity contribution in [3.05, 3.63) is 28.2 Å². The van der Waals surface area contributed by atoms with E-state index in [1.165, 1.54) is 41.9 Å². The number of thiophene rings is 1. The predicted octanol–water partition coefficient (Wildman–Crippen LogP) is 4.77. The van der Waals surface area contributed by atoms with Gasteiger partial charge in [0.25, 0.3) is 5.89 Å². The average Bonchev–Trinajstić information content (AvgIpc) is 3.54. The van der Waals surface area contributed by atoms with E-state index in [1.54, 1.807) is 23.1 Å². The molecule has 2 aliphatic rings. The normalized spacial score (nSPS) is 17.2. The summed E-state index contributed by atoms with van der Waals surface area (Å²) in [5.41, 5.74) is 1.30. The van der Waals surface area contributed by atoms with E-state index in [4.69, 9.17) is 4.42 Å². The lowest BCUT2D eigenvalue weighted by molar-refractivity contribution is 0.529. The van der Waals surface area contributed by atoms with Gasteiger partial charge in [0.1, 0.15) is 5.82 Å². The summed E-state index contributed by atoms with van der Waals surface area (Å²) in [5, 5.41) is 18.3. The number of rotatable bonds is 7. The first kappa shape index (κ1) is 16.5. The van der Waals surface area contributed by atoms with Gasteiger partial charge in [0.05, 0.1) is 10.6 Å². The Kier molecular flexibility index (Phi) is 4.12. The van der Waals surface area contributed by atoms with Crippen molar-refractivity contribution >= 4 is 23.1 Å². The standard InChI is InChI=1S/C18H21N5OS2/c1-3-13-10(2)8-14(26-13)17-21-19-15(24-17)9-25-18-22-20-16(11-4-5-11)23(18)12-6-7-12/h8,11-12H,3-7,9H2,1-2H3. The average molecular weight is 388 g/mol. The maximum Gasteiger partial charge on any atom is 0.257 e. The van der Waals surface area contributed by atoms with Crippen molar-refractivity contribution in [1.29, 1.82) is 0 Å². The van der Waals surface area contributed by atoms with Crippen molar-refractivity contribution in [2.45, 2.75) is 68.8 Å². The predicted molar refractivity (Wildman–Crippen MR) is 102 cm³/mol. The van der Waals surface area contributed by atoms with Gasteiger partial charge in [-0.2, -0.15) is 0 Å². The molecular weight excluding hydrogens is 366 g/mol. The Labute approximate surface area is 160 Å². The van der Waals surface area contributed by atoms with Gasteiger partial charge in [-0.25, -0.2) is 0 Å². The molecule has 2 fully saturated rings. The van der Waals surface area contributed by atoms with Gasteiger partial charge in [-0.05, 0) is 50.7 Å². The van der Waals surface area contributed by atoms with Gasteiger partial charge < -0.3 is 8.98 Å². The van der Waals surface area contributed by atoms with Crippen molar-refractivity contribution < 1.29 is 4.42 Å². The van der Waals surface area contributed by atoms with E-state index in [9.17, 15) is 0 Å². The summed E-state index contributed by atoms with van der Waals surface area (Å²) in [4.78, 5) is 2.43. The largest absolute Gasteiger partial charge is 0.419 e. The van der Waals surface area contributed by atoms with Crippen molar-refractivity contribution in [1.82, 2.24) is 25.0 Å². The van der Waals surface area contributed by atoms with Gasteiger partial charge in [0.15, 0.2) is 5.16 Å². The molecule has 3 heterocycles. The molecule has 0 atom stereocenters. The van der Waals surface area contributed by atoms with Crippen LogP contribution in [0.1, 0.15) is 66.7 Å². The lowest BCUT2D eigenvalue weighted by Crippen LogP contribution is -2.01. The SMILES string of the molecule is CCc1sc(-c2nnc(CSc3nnc(C4CC4)n3C3CC3)o2)cc1C. The third-order valence-corrected chi connectivity index (χ3v) is 7.19. The minimum Gasteiger partial charge on any atom is -0.419 e. The molecular formula is C18H21N5OS2. The van der Waals surface area contributed by atoms with Crippen LogP contribution in [0.25, 0.3) is 10.8 Å². The number of aryl methyl sites for hydroxylation is 2. The van der Waals surface area contributed by atoms with Crippen LogP contribution in [0.15, 0.2) is 15.6 Å². The van der Waals surface area contributed by atoms with Crippen LogP contribution in [0.2, 0.25) is 0 Å². The first-order valence-electron chi connectivity index (χ1n) is 9.22. The Morgan fingerprint density at radius 3 is 2.73 bits per heavy atom. The molecule has 0 spiro atoms. The summed E-state index contributed by atoms with van der Waals surface area (Å²) < 4.78 is 8.25. The second-order valence-electron chi connectivity index (χ2n) is 7.08. The zero-order valence-electron chi connectivity index (χ0n) is 14.9. The Balaban J connectivity index is 1.31. The van der Waals surface area contributed by atoms with Crippen molar-refractivity contribution in [2.75, 3.05) is 0 Å². The lowest BCUT2D eigenvalue weighted by Gasteiger charge is -2.06. The van der Waals surface area contributed by atoms with E-state index in [0.717, 1.165) is 16.5 Å². The highest BCUT2D eigenvalue weighted by atomic mass is 32.2. The molecule has 6 nitrogen and oxygen atoms in total. The van der Waals surface area contributed by atoms with Crippen LogP contribution in [-0.2, 0) is 12.2 Å². The molecule has 0 amide bonds. The number of nitrogens with zero attached hydrogens (tertiary/aromatic N) is 5. The van der Waals surface area contributed by atoms with Crippen LogP contribution < -0.4 is 0 Å². The van der Waals surface area contributed by atoms with Gasteiger partial charge in [0.2, 0.25) is 5.89 Å². The molecule has 2 saturated carbocycles. The van der Waals surface area contributed by atoms with Gasteiger partial charge >= 0.3 is 0 Å². The summed E-state index contributed by atoms with van der Waals surface area (Å²) in [5.74, 6) is 3.71. The number of aromatic nitrogens is 5. The third kappa shape index (κ3) is 3.09. The van der Waals surface area contributed by atoms with Crippen LogP contribution in [0, 0.1) is 6.92 Å². The van der Waals surface area contributed by atoms with E-state index >= 15 is 0 Å². The fourth-order valence-electron chi connectivity index (χ4n) is 3.20. The monoisotopic (exact) mass is 387 g/mol. The second kappa shape index (κ2) is 6.49. The van der Waals surface area contributed by atoms with Crippen molar-refractivity contribution in [2.24, 2.45) is 0 Å². The van der Waals surface area contributed by atoms with Crippen LogP contribution >= 0.6 is 23.1 Å². The number of thioether (sulfide) groups is 1. The van der Waals surface area contributed by atoms with E-state index in [1.807, 2.05) is 0 Å². The highest BCUT2D eigenvalue weighted by Crippen LogP contribution is 2.46. The van der Waals surface area contributed by atoms with E-state index < -0.39 is 0 Å². The van der Waals surface area contributed by atoms with Crippen molar-refractivity contribution in [3.8, 4) is 10.8 Å². The van der Waals surface area contributed by atoms with Crippen LogP contribution in [-0.4, -0.2) is 25.0 Å². The quantitative estimate of drug-likeness (QED) is 0.544. The molecule has 8 heteroatoms. The lowest BCUT2D eigenvalue weighted by atomic mass is 10.2. The molecule has 0 aromatic carbocycles. The molecule has 0 aliphatic heterocycles.